The first kappa shape index (κ1) is 12.9. The van der Waals surface area contributed by atoms with Gasteiger partial charge in [0, 0.05) is 29.7 Å². The van der Waals surface area contributed by atoms with Crippen LogP contribution in [0.3, 0.4) is 0 Å². The van der Waals surface area contributed by atoms with E-state index in [2.05, 4.69) is 30.8 Å². The van der Waals surface area contributed by atoms with Crippen molar-refractivity contribution < 1.29 is 4.79 Å². The maximum Gasteiger partial charge on any atom is 0.152 e. The van der Waals surface area contributed by atoms with Crippen LogP contribution in [0, 0.1) is 0 Å². The number of fused-ring (bicyclic) bond motifs is 1. The van der Waals surface area contributed by atoms with Gasteiger partial charge in [0.05, 0.1) is 9.48 Å². The zero-order chi connectivity index (χ0) is 13.4. The molecule has 0 N–H and O–H groups in total. The number of halogens is 1. The lowest BCUT2D eigenvalue weighted by Gasteiger charge is -2.23. The molecule has 0 saturated carbocycles. The maximum absolute atomic E-state index is 12.0. The van der Waals surface area contributed by atoms with E-state index >= 15 is 0 Å². The number of rotatable bonds is 3. The minimum absolute atomic E-state index is 0.162. The number of carbonyl (C=O) groups is 1. The van der Waals surface area contributed by atoms with Gasteiger partial charge in [-0.05, 0) is 35.0 Å². The molecule has 2 aromatic heterocycles. The number of thiophene rings is 1. The van der Waals surface area contributed by atoms with Crippen molar-refractivity contribution in [3.8, 4) is 0 Å². The molecule has 0 aromatic carbocycles. The predicted molar refractivity (Wildman–Crippen MR) is 76.7 cm³/mol. The monoisotopic (exact) mass is 337 g/mol. The minimum atomic E-state index is -0.189. The van der Waals surface area contributed by atoms with Crippen LogP contribution in [0.2, 0.25) is 0 Å². The van der Waals surface area contributed by atoms with E-state index in [1.165, 1.54) is 0 Å². The Bertz CT molecular complexity index is 603. The summed E-state index contributed by atoms with van der Waals surface area (Å²) < 4.78 is 1.05. The molecule has 0 bridgehead atoms. The van der Waals surface area contributed by atoms with Gasteiger partial charge in [0.15, 0.2) is 5.78 Å². The highest BCUT2D eigenvalue weighted by atomic mass is 79.9. The maximum atomic E-state index is 12.0. The summed E-state index contributed by atoms with van der Waals surface area (Å²) in [6.45, 7) is 3.08. The van der Waals surface area contributed by atoms with E-state index in [0.29, 0.717) is 6.54 Å². The highest BCUT2D eigenvalue weighted by molar-refractivity contribution is 9.11. The Morgan fingerprint density at radius 1 is 1.47 bits per heavy atom. The Balaban J connectivity index is 1.90. The van der Waals surface area contributed by atoms with Gasteiger partial charge in [0.2, 0.25) is 0 Å². The van der Waals surface area contributed by atoms with Crippen molar-refractivity contribution in [2.24, 2.45) is 0 Å². The zero-order valence-electron chi connectivity index (χ0n) is 10.3. The normalized spacial score (nSPS) is 16.3. The lowest BCUT2D eigenvalue weighted by molar-refractivity contribution is -0.122. The van der Waals surface area contributed by atoms with Gasteiger partial charge in [-0.15, -0.1) is 11.3 Å². The fourth-order valence-electron chi connectivity index (χ4n) is 2.42. The van der Waals surface area contributed by atoms with Crippen LogP contribution in [0.25, 0.3) is 0 Å². The topological polar surface area (TPSA) is 46.1 Å². The molecule has 3 heterocycles. The van der Waals surface area contributed by atoms with E-state index in [9.17, 15) is 4.79 Å². The molecule has 4 nitrogen and oxygen atoms in total. The lowest BCUT2D eigenvalue weighted by atomic mass is 10.1. The Morgan fingerprint density at radius 3 is 2.95 bits per heavy atom. The minimum Gasteiger partial charge on any atom is -0.298 e. The average Bonchev–Trinajstić information content (AvgIpc) is 2.95. The molecule has 6 heteroatoms. The summed E-state index contributed by atoms with van der Waals surface area (Å²) in [7, 11) is 0. The van der Waals surface area contributed by atoms with Crippen LogP contribution in [0.4, 0.5) is 0 Å². The number of nitrogens with zero attached hydrogens (tertiary/aromatic N) is 3. The quantitative estimate of drug-likeness (QED) is 0.863. The summed E-state index contributed by atoms with van der Waals surface area (Å²) in [5.74, 6) is 0.162. The van der Waals surface area contributed by atoms with Crippen molar-refractivity contribution in [3.63, 3.8) is 0 Å². The molecule has 0 spiro atoms. The van der Waals surface area contributed by atoms with Gasteiger partial charge in [0.1, 0.15) is 12.4 Å². The SMILES string of the molecule is CC(=O)C(c1ccc(Br)s1)N1Cc2cncnc2C1. The molecule has 19 heavy (non-hydrogen) atoms. The molecular weight excluding hydrogens is 326 g/mol. The van der Waals surface area contributed by atoms with Gasteiger partial charge < -0.3 is 0 Å². The number of hydrogen-bond acceptors (Lipinski definition) is 5. The van der Waals surface area contributed by atoms with E-state index in [-0.39, 0.29) is 11.8 Å². The van der Waals surface area contributed by atoms with Crippen LogP contribution in [-0.2, 0) is 17.9 Å². The lowest BCUT2D eigenvalue weighted by Crippen LogP contribution is -2.28. The largest absolute Gasteiger partial charge is 0.298 e. The van der Waals surface area contributed by atoms with Crippen molar-refractivity contribution in [1.82, 2.24) is 14.9 Å². The molecule has 1 unspecified atom stereocenters. The second-order valence-electron chi connectivity index (χ2n) is 4.55. The molecule has 1 atom stereocenters. The van der Waals surface area contributed by atoms with Crippen LogP contribution in [0.5, 0.6) is 0 Å². The number of Topliss-reactive ketones (excluding diaryl/α,β-unsaturated/α-hetero) is 1. The summed E-state index contributed by atoms with van der Waals surface area (Å²) in [5.41, 5.74) is 2.14. The summed E-state index contributed by atoms with van der Waals surface area (Å²) in [5, 5.41) is 0. The van der Waals surface area contributed by atoms with E-state index in [1.807, 2.05) is 18.3 Å². The molecule has 0 saturated heterocycles. The van der Waals surface area contributed by atoms with E-state index < -0.39 is 0 Å². The molecule has 0 fully saturated rings. The number of carbonyl (C=O) groups excluding carboxylic acids is 1. The number of hydrogen-bond donors (Lipinski definition) is 0. The third-order valence-electron chi connectivity index (χ3n) is 3.22. The molecule has 2 aromatic rings. The van der Waals surface area contributed by atoms with Gasteiger partial charge >= 0.3 is 0 Å². The van der Waals surface area contributed by atoms with Crippen LogP contribution in [-0.4, -0.2) is 20.7 Å². The third kappa shape index (κ3) is 2.48. The van der Waals surface area contributed by atoms with Crippen molar-refractivity contribution in [2.45, 2.75) is 26.1 Å². The molecule has 1 aliphatic rings. The van der Waals surface area contributed by atoms with Gasteiger partial charge in [-0.1, -0.05) is 0 Å². The summed E-state index contributed by atoms with van der Waals surface area (Å²) in [6, 6.07) is 3.81. The Labute approximate surface area is 123 Å². The predicted octanol–water partition coefficient (Wildman–Crippen LogP) is 2.95. The van der Waals surface area contributed by atoms with Crippen LogP contribution in [0.1, 0.15) is 29.1 Å². The number of ketones is 1. The molecule has 3 rings (SSSR count). The summed E-state index contributed by atoms with van der Waals surface area (Å²) >= 11 is 5.06. The van der Waals surface area contributed by atoms with E-state index in [1.54, 1.807) is 24.6 Å². The molecule has 0 radical (unpaired) electrons. The fourth-order valence-corrected chi connectivity index (χ4v) is 4.04. The fraction of sp³-hybridized carbons (Fsp3) is 0.308. The molecule has 0 amide bonds. The van der Waals surface area contributed by atoms with E-state index in [0.717, 1.165) is 26.5 Å². The molecule has 1 aliphatic heterocycles. The summed E-state index contributed by atoms with van der Waals surface area (Å²) in [4.78, 5) is 23.6. The van der Waals surface area contributed by atoms with Gasteiger partial charge in [-0.3, -0.25) is 9.69 Å². The van der Waals surface area contributed by atoms with Crippen LogP contribution >= 0.6 is 27.3 Å². The first-order valence-corrected chi connectivity index (χ1v) is 7.53. The van der Waals surface area contributed by atoms with Crippen LogP contribution < -0.4 is 0 Å². The zero-order valence-corrected chi connectivity index (χ0v) is 12.7. The van der Waals surface area contributed by atoms with Gasteiger partial charge in [0.25, 0.3) is 0 Å². The van der Waals surface area contributed by atoms with Crippen molar-refractivity contribution in [2.75, 3.05) is 0 Å². The van der Waals surface area contributed by atoms with Crippen molar-refractivity contribution in [3.05, 3.63) is 44.6 Å². The second-order valence-corrected chi connectivity index (χ2v) is 7.05. The number of aromatic nitrogens is 2. The molecule has 0 aliphatic carbocycles. The smallest absolute Gasteiger partial charge is 0.152 e. The highest BCUT2D eigenvalue weighted by Crippen LogP contribution is 2.35. The highest BCUT2D eigenvalue weighted by Gasteiger charge is 2.31. The first-order chi connectivity index (χ1) is 9.15. The molecule has 98 valence electrons. The third-order valence-corrected chi connectivity index (χ3v) is 4.90. The van der Waals surface area contributed by atoms with E-state index in [4.69, 9.17) is 0 Å². The first-order valence-electron chi connectivity index (χ1n) is 5.92. The van der Waals surface area contributed by atoms with Crippen molar-refractivity contribution in [1.29, 1.82) is 0 Å². The summed E-state index contributed by atoms with van der Waals surface area (Å²) in [6.07, 6.45) is 3.40. The Kier molecular flexibility index (Phi) is 3.47. The van der Waals surface area contributed by atoms with Gasteiger partial charge in [-0.2, -0.15) is 0 Å². The Hall–Kier alpha value is -1.11. The van der Waals surface area contributed by atoms with Gasteiger partial charge in [-0.25, -0.2) is 9.97 Å². The Morgan fingerprint density at radius 2 is 2.32 bits per heavy atom. The molecular formula is C13H12BrN3OS. The average molecular weight is 338 g/mol. The second kappa shape index (κ2) is 5.11. The van der Waals surface area contributed by atoms with Crippen LogP contribution in [0.15, 0.2) is 28.4 Å². The standard InChI is InChI=1S/C13H12BrN3OS/c1-8(18)13(11-2-3-12(14)19-11)17-5-9-4-15-7-16-10(9)6-17/h2-4,7,13H,5-6H2,1H3. The van der Waals surface area contributed by atoms with Crippen molar-refractivity contribution >= 4 is 33.0 Å².